The van der Waals surface area contributed by atoms with Gasteiger partial charge in [-0.1, -0.05) is 0 Å². The van der Waals surface area contributed by atoms with Crippen LogP contribution in [0, 0.1) is 11.3 Å². The first-order chi connectivity index (χ1) is 5.16. The molecule has 1 aliphatic rings. The minimum absolute atomic E-state index is 0.249. The first-order valence-corrected chi connectivity index (χ1v) is 4.04. The molecular weight excluding hydrogens is 208 g/mol. The molecule has 0 aliphatic carbocycles. The van der Waals surface area contributed by atoms with Crippen molar-refractivity contribution in [3.8, 4) is 6.07 Å². The van der Waals surface area contributed by atoms with E-state index in [-0.39, 0.29) is 12.2 Å². The van der Waals surface area contributed by atoms with Crippen LogP contribution >= 0.6 is 16.1 Å². The van der Waals surface area contributed by atoms with Gasteiger partial charge >= 0.3 is 0 Å². The highest BCUT2D eigenvalue weighted by Crippen LogP contribution is 2.17. The van der Waals surface area contributed by atoms with Gasteiger partial charge in [0.05, 0.1) is 16.1 Å². The van der Waals surface area contributed by atoms with E-state index in [1.54, 1.807) is 15.3 Å². The summed E-state index contributed by atoms with van der Waals surface area (Å²) in [7, 11) is 0. The van der Waals surface area contributed by atoms with Crippen molar-refractivity contribution in [2.75, 3.05) is 0 Å². The zero-order chi connectivity index (χ0) is 8.43. The fraction of sp³-hybridized carbons (Fsp3) is 0.667. The Bertz CT molecular complexity index is 207. The van der Waals surface area contributed by atoms with Gasteiger partial charge in [0.15, 0.2) is 0 Å². The second-order valence-electron chi connectivity index (χ2n) is 2.55. The van der Waals surface area contributed by atoms with E-state index in [9.17, 15) is 0 Å². The van der Waals surface area contributed by atoms with Gasteiger partial charge in [0, 0.05) is 6.04 Å². The molecule has 0 radical (unpaired) electrons. The first kappa shape index (κ1) is 8.34. The molecule has 5 heteroatoms. The molecule has 0 aromatic heterocycles. The summed E-state index contributed by atoms with van der Waals surface area (Å²) in [4.78, 5) is 0. The summed E-state index contributed by atoms with van der Waals surface area (Å²) in [5.41, 5.74) is 0. The van der Waals surface area contributed by atoms with E-state index in [1.807, 2.05) is 13.8 Å². The third-order valence-corrected chi connectivity index (χ3v) is 2.00. The topological polar surface area (TPSA) is 42.6 Å². The Morgan fingerprint density at radius 2 is 2.36 bits per heavy atom. The largest absolute Gasteiger partial charge is 0.261 e. The smallest absolute Gasteiger partial charge is 0.217 e. The molecule has 1 aliphatic heterocycles. The fourth-order valence-corrected chi connectivity index (χ4v) is 1.24. The molecule has 1 heterocycles. The Balaban J connectivity index is 2.70. The molecule has 4 nitrogen and oxygen atoms in total. The number of rotatable bonds is 1. The second-order valence-corrected chi connectivity index (χ2v) is 3.37. The Hall–Kier alpha value is -0.760. The predicted octanol–water partition coefficient (Wildman–Crippen LogP) is 1.12. The molecule has 0 fully saturated rings. The van der Waals surface area contributed by atoms with Crippen LogP contribution in [0.2, 0.25) is 0 Å². The van der Waals surface area contributed by atoms with Crippen LogP contribution in [0.3, 0.4) is 0 Å². The van der Waals surface area contributed by atoms with Crippen LogP contribution in [-0.4, -0.2) is 27.5 Å². The number of nitriles is 1. The number of hydrazone groups is 1. The van der Waals surface area contributed by atoms with Crippen LogP contribution in [-0.2, 0) is 0 Å². The van der Waals surface area contributed by atoms with Gasteiger partial charge in [0.2, 0.25) is 6.17 Å². The van der Waals surface area contributed by atoms with Gasteiger partial charge in [-0.3, -0.25) is 8.93 Å². The third kappa shape index (κ3) is 1.46. The average Bonchev–Trinajstić information content (AvgIpc) is 2.30. The summed E-state index contributed by atoms with van der Waals surface area (Å²) in [5.74, 6) is 0. The lowest BCUT2D eigenvalue weighted by molar-refractivity contribution is 0.182. The highest BCUT2D eigenvalue weighted by atomic mass is 79.9. The van der Waals surface area contributed by atoms with Crippen LogP contribution in [0.25, 0.3) is 0 Å². The Labute approximate surface area is 74.4 Å². The molecule has 0 amide bonds. The Morgan fingerprint density at radius 1 is 1.73 bits per heavy atom. The van der Waals surface area contributed by atoms with Crippen molar-refractivity contribution in [1.82, 2.24) is 8.93 Å². The van der Waals surface area contributed by atoms with Crippen LogP contribution in [0.5, 0.6) is 0 Å². The summed E-state index contributed by atoms with van der Waals surface area (Å²) in [6, 6.07) is 2.37. The van der Waals surface area contributed by atoms with E-state index in [1.165, 1.54) is 0 Å². The van der Waals surface area contributed by atoms with Crippen molar-refractivity contribution in [3.63, 3.8) is 0 Å². The number of halogens is 1. The molecule has 11 heavy (non-hydrogen) atoms. The molecule has 1 rings (SSSR count). The van der Waals surface area contributed by atoms with E-state index in [4.69, 9.17) is 5.26 Å². The van der Waals surface area contributed by atoms with Crippen molar-refractivity contribution >= 4 is 22.5 Å². The molecule has 1 unspecified atom stereocenters. The minimum atomic E-state index is -0.310. The van der Waals surface area contributed by atoms with Gasteiger partial charge in [0.1, 0.15) is 12.4 Å². The normalized spacial score (nSPS) is 23.0. The summed E-state index contributed by atoms with van der Waals surface area (Å²) < 4.78 is 1.60. The zero-order valence-electron chi connectivity index (χ0n) is 6.40. The molecule has 0 aromatic carbocycles. The van der Waals surface area contributed by atoms with Gasteiger partial charge in [-0.2, -0.15) is 10.4 Å². The SMILES string of the molecule is CC(C)N1N=CN(Br)C1C#N. The maximum atomic E-state index is 8.71. The van der Waals surface area contributed by atoms with Crippen LogP contribution < -0.4 is 0 Å². The number of hydrogen-bond acceptors (Lipinski definition) is 4. The molecular formula is C6H9BrN4. The predicted molar refractivity (Wildman–Crippen MR) is 45.6 cm³/mol. The monoisotopic (exact) mass is 216 g/mol. The van der Waals surface area contributed by atoms with Crippen LogP contribution in [0.4, 0.5) is 0 Å². The standard InChI is InChI=1S/C6H9BrN4/c1-5(2)11-6(3-8)10(7)4-9-11/h4-6H,1-2H3. The number of nitrogens with zero attached hydrogens (tertiary/aromatic N) is 4. The van der Waals surface area contributed by atoms with E-state index in [0.29, 0.717) is 0 Å². The first-order valence-electron chi connectivity index (χ1n) is 3.33. The van der Waals surface area contributed by atoms with Gasteiger partial charge in [0.25, 0.3) is 0 Å². The van der Waals surface area contributed by atoms with E-state index in [0.717, 1.165) is 0 Å². The van der Waals surface area contributed by atoms with Crippen LogP contribution in [0.15, 0.2) is 5.10 Å². The lowest BCUT2D eigenvalue weighted by atomic mass is 10.3. The molecule has 0 bridgehead atoms. The van der Waals surface area contributed by atoms with Crippen LogP contribution in [0.1, 0.15) is 13.8 Å². The van der Waals surface area contributed by atoms with Crippen molar-refractivity contribution in [2.45, 2.75) is 26.1 Å². The molecule has 0 saturated heterocycles. The Morgan fingerprint density at radius 3 is 2.73 bits per heavy atom. The molecule has 0 N–H and O–H groups in total. The lowest BCUT2D eigenvalue weighted by Crippen LogP contribution is -2.37. The molecule has 0 saturated carbocycles. The van der Waals surface area contributed by atoms with Gasteiger partial charge in [-0.25, -0.2) is 0 Å². The van der Waals surface area contributed by atoms with E-state index < -0.39 is 0 Å². The summed E-state index contributed by atoms with van der Waals surface area (Å²) in [6.45, 7) is 3.99. The molecule has 60 valence electrons. The van der Waals surface area contributed by atoms with Crippen molar-refractivity contribution < 1.29 is 0 Å². The van der Waals surface area contributed by atoms with Gasteiger partial charge in [-0.15, -0.1) is 0 Å². The fourth-order valence-electron chi connectivity index (χ4n) is 0.878. The van der Waals surface area contributed by atoms with E-state index in [2.05, 4.69) is 27.3 Å². The maximum Gasteiger partial charge on any atom is 0.217 e. The van der Waals surface area contributed by atoms with Crippen molar-refractivity contribution in [3.05, 3.63) is 0 Å². The summed E-state index contributed by atoms with van der Waals surface area (Å²) >= 11 is 3.19. The van der Waals surface area contributed by atoms with Crippen molar-refractivity contribution in [1.29, 1.82) is 5.26 Å². The highest BCUT2D eigenvalue weighted by Gasteiger charge is 2.27. The number of hydrogen-bond donors (Lipinski definition) is 0. The minimum Gasteiger partial charge on any atom is -0.261 e. The summed E-state index contributed by atoms with van der Waals surface area (Å²) in [5, 5.41) is 14.5. The Kier molecular flexibility index (Phi) is 2.35. The molecule has 0 spiro atoms. The zero-order valence-corrected chi connectivity index (χ0v) is 7.98. The third-order valence-electron chi connectivity index (χ3n) is 1.42. The van der Waals surface area contributed by atoms with Gasteiger partial charge < -0.3 is 0 Å². The highest BCUT2D eigenvalue weighted by molar-refractivity contribution is 9.07. The van der Waals surface area contributed by atoms with E-state index >= 15 is 0 Å². The van der Waals surface area contributed by atoms with Gasteiger partial charge in [-0.05, 0) is 13.8 Å². The summed E-state index contributed by atoms with van der Waals surface area (Å²) in [6.07, 6.45) is 1.28. The molecule has 0 aromatic rings. The lowest BCUT2D eigenvalue weighted by Gasteiger charge is -2.23. The average molecular weight is 217 g/mol. The maximum absolute atomic E-state index is 8.71. The quantitative estimate of drug-likeness (QED) is 0.618. The second kappa shape index (κ2) is 3.09. The molecule has 1 atom stereocenters. The van der Waals surface area contributed by atoms with Crippen molar-refractivity contribution in [2.24, 2.45) is 5.10 Å².